The van der Waals surface area contributed by atoms with Crippen molar-refractivity contribution in [3.8, 4) is 0 Å². The molecule has 112 valence electrons. The predicted molar refractivity (Wildman–Crippen MR) is 79.2 cm³/mol. The van der Waals surface area contributed by atoms with Crippen molar-refractivity contribution in [2.24, 2.45) is 0 Å². The van der Waals surface area contributed by atoms with Gasteiger partial charge in [0.1, 0.15) is 0 Å². The van der Waals surface area contributed by atoms with Crippen LogP contribution in [0, 0.1) is 0 Å². The van der Waals surface area contributed by atoms with Gasteiger partial charge in [0.25, 0.3) is 10.1 Å². The number of piperazine rings is 1. The van der Waals surface area contributed by atoms with E-state index >= 15 is 0 Å². The lowest BCUT2D eigenvalue weighted by Gasteiger charge is -2.35. The third kappa shape index (κ3) is 4.56. The van der Waals surface area contributed by atoms with Crippen molar-refractivity contribution in [2.75, 3.05) is 32.7 Å². The fraction of sp³-hybridized carbons (Fsp3) is 0.571. The minimum atomic E-state index is -3.92. The monoisotopic (exact) mass is 298 g/mol. The lowest BCUT2D eigenvalue weighted by Crippen LogP contribution is -2.48. The normalized spacial score (nSPS) is 19.9. The number of hydrogen-bond donors (Lipinski definition) is 1. The summed E-state index contributed by atoms with van der Waals surface area (Å²) in [4.78, 5) is 4.46. The molecule has 0 bridgehead atoms. The third-order valence-electron chi connectivity index (χ3n) is 3.74. The molecule has 1 fully saturated rings. The fourth-order valence-corrected chi connectivity index (χ4v) is 2.83. The van der Waals surface area contributed by atoms with Gasteiger partial charge in [0.15, 0.2) is 0 Å². The van der Waals surface area contributed by atoms with E-state index in [1.54, 1.807) is 6.92 Å². The topological polar surface area (TPSA) is 60.9 Å². The van der Waals surface area contributed by atoms with Crippen molar-refractivity contribution >= 4 is 10.1 Å². The second kappa shape index (κ2) is 6.67. The maximum Gasteiger partial charge on any atom is 0.268 e. The number of hydrogen-bond acceptors (Lipinski definition) is 4. The van der Waals surface area contributed by atoms with E-state index < -0.39 is 15.4 Å². The lowest BCUT2D eigenvalue weighted by atomic mass is 10.2. The first-order chi connectivity index (χ1) is 9.45. The van der Waals surface area contributed by atoms with Gasteiger partial charge in [-0.3, -0.25) is 14.4 Å². The van der Waals surface area contributed by atoms with Gasteiger partial charge in [0, 0.05) is 39.3 Å². The van der Waals surface area contributed by atoms with Gasteiger partial charge in [-0.2, -0.15) is 8.42 Å². The number of benzene rings is 1. The van der Waals surface area contributed by atoms with Crippen molar-refractivity contribution in [1.29, 1.82) is 0 Å². The van der Waals surface area contributed by atoms with E-state index in [0.29, 0.717) is 6.54 Å². The van der Waals surface area contributed by atoms with Crippen LogP contribution in [0.1, 0.15) is 12.5 Å². The second-order valence-electron chi connectivity index (χ2n) is 5.39. The van der Waals surface area contributed by atoms with Gasteiger partial charge in [0.05, 0.1) is 5.25 Å². The first kappa shape index (κ1) is 15.4. The molecular formula is C14H22N2O3S. The van der Waals surface area contributed by atoms with Crippen LogP contribution in [0.15, 0.2) is 30.3 Å². The first-order valence-corrected chi connectivity index (χ1v) is 8.40. The fourth-order valence-electron chi connectivity index (χ4n) is 2.43. The summed E-state index contributed by atoms with van der Waals surface area (Å²) in [6, 6.07) is 10.3. The summed E-state index contributed by atoms with van der Waals surface area (Å²) < 4.78 is 31.1. The highest BCUT2D eigenvalue weighted by atomic mass is 32.2. The highest BCUT2D eigenvalue weighted by molar-refractivity contribution is 7.86. The Labute approximate surface area is 120 Å². The Morgan fingerprint density at radius 2 is 1.65 bits per heavy atom. The van der Waals surface area contributed by atoms with Gasteiger partial charge in [0.2, 0.25) is 0 Å². The second-order valence-corrected chi connectivity index (χ2v) is 7.22. The molecule has 1 saturated heterocycles. The highest BCUT2D eigenvalue weighted by Crippen LogP contribution is 2.10. The lowest BCUT2D eigenvalue weighted by molar-refractivity contribution is 0.127. The molecule has 20 heavy (non-hydrogen) atoms. The highest BCUT2D eigenvalue weighted by Gasteiger charge is 2.23. The van der Waals surface area contributed by atoms with Crippen LogP contribution in [0.5, 0.6) is 0 Å². The minimum Gasteiger partial charge on any atom is -0.299 e. The summed E-state index contributed by atoms with van der Waals surface area (Å²) in [6.07, 6.45) is 0. The standard InChI is InChI=1S/C14H22N2O3S/c1-13(20(17,18)19)11-15-7-9-16(10-8-15)12-14-5-3-2-4-6-14/h2-6,13H,7-12H2,1H3,(H,17,18,19). The molecular weight excluding hydrogens is 276 g/mol. The van der Waals surface area contributed by atoms with Crippen LogP contribution < -0.4 is 0 Å². The molecule has 0 aliphatic carbocycles. The summed E-state index contributed by atoms with van der Waals surface area (Å²) >= 11 is 0. The molecule has 2 rings (SSSR count). The molecule has 0 spiro atoms. The zero-order chi connectivity index (χ0) is 14.6. The smallest absolute Gasteiger partial charge is 0.268 e. The van der Waals surface area contributed by atoms with Crippen LogP contribution in [-0.2, 0) is 16.7 Å². The van der Waals surface area contributed by atoms with Gasteiger partial charge in [-0.1, -0.05) is 30.3 Å². The maximum atomic E-state index is 11.0. The van der Waals surface area contributed by atoms with Crippen LogP contribution >= 0.6 is 0 Å². The van der Waals surface area contributed by atoms with E-state index in [4.69, 9.17) is 4.55 Å². The molecule has 1 N–H and O–H groups in total. The van der Waals surface area contributed by atoms with E-state index in [-0.39, 0.29) is 0 Å². The molecule has 0 radical (unpaired) electrons. The number of nitrogens with zero attached hydrogens (tertiary/aromatic N) is 2. The van der Waals surface area contributed by atoms with Gasteiger partial charge in [-0.25, -0.2) is 0 Å². The molecule has 5 nitrogen and oxygen atoms in total. The van der Waals surface area contributed by atoms with Crippen molar-refractivity contribution in [2.45, 2.75) is 18.7 Å². The summed E-state index contributed by atoms with van der Waals surface area (Å²) in [7, 11) is -3.92. The van der Waals surface area contributed by atoms with Gasteiger partial charge >= 0.3 is 0 Å². The minimum absolute atomic E-state index is 0.401. The molecule has 0 amide bonds. The van der Waals surface area contributed by atoms with E-state index in [1.165, 1.54) is 5.56 Å². The molecule has 1 unspecified atom stereocenters. The zero-order valence-corrected chi connectivity index (χ0v) is 12.6. The van der Waals surface area contributed by atoms with E-state index in [1.807, 2.05) is 18.2 Å². The van der Waals surface area contributed by atoms with Crippen LogP contribution in [0.3, 0.4) is 0 Å². The van der Waals surface area contributed by atoms with Gasteiger partial charge in [-0.05, 0) is 12.5 Å². The third-order valence-corrected chi connectivity index (χ3v) is 4.90. The summed E-state index contributed by atoms with van der Waals surface area (Å²) in [5, 5.41) is -0.719. The van der Waals surface area contributed by atoms with Crippen molar-refractivity contribution in [3.63, 3.8) is 0 Å². The first-order valence-electron chi connectivity index (χ1n) is 6.90. The maximum absolute atomic E-state index is 11.0. The predicted octanol–water partition coefficient (Wildman–Crippen LogP) is 1.08. The van der Waals surface area contributed by atoms with Crippen molar-refractivity contribution in [3.05, 3.63) is 35.9 Å². The average Bonchev–Trinajstić information content (AvgIpc) is 2.41. The Morgan fingerprint density at radius 3 is 2.20 bits per heavy atom. The molecule has 0 saturated carbocycles. The Hall–Kier alpha value is -0.950. The Morgan fingerprint density at radius 1 is 1.10 bits per heavy atom. The van der Waals surface area contributed by atoms with Crippen molar-refractivity contribution < 1.29 is 13.0 Å². The Balaban J connectivity index is 1.78. The molecule has 1 aromatic rings. The Bertz CT molecular complexity index is 510. The molecule has 1 aromatic carbocycles. The van der Waals surface area contributed by atoms with E-state index in [9.17, 15) is 8.42 Å². The molecule has 1 atom stereocenters. The zero-order valence-electron chi connectivity index (χ0n) is 11.8. The molecule has 6 heteroatoms. The largest absolute Gasteiger partial charge is 0.299 e. The quantitative estimate of drug-likeness (QED) is 0.824. The van der Waals surface area contributed by atoms with Crippen LogP contribution in [-0.4, -0.2) is 60.7 Å². The van der Waals surface area contributed by atoms with Crippen LogP contribution in [0.25, 0.3) is 0 Å². The number of rotatable bonds is 5. The molecule has 1 heterocycles. The van der Waals surface area contributed by atoms with Gasteiger partial charge < -0.3 is 0 Å². The van der Waals surface area contributed by atoms with E-state index in [0.717, 1.165) is 32.7 Å². The van der Waals surface area contributed by atoms with Crippen LogP contribution in [0.4, 0.5) is 0 Å². The molecule has 1 aliphatic rings. The molecule has 0 aromatic heterocycles. The SMILES string of the molecule is CC(CN1CCN(Cc2ccccc2)CC1)S(=O)(=O)O. The van der Waals surface area contributed by atoms with Crippen molar-refractivity contribution in [1.82, 2.24) is 9.80 Å². The van der Waals surface area contributed by atoms with Crippen LogP contribution in [0.2, 0.25) is 0 Å². The Kier molecular flexibility index (Phi) is 5.15. The molecule has 1 aliphatic heterocycles. The van der Waals surface area contributed by atoms with E-state index in [2.05, 4.69) is 21.9 Å². The average molecular weight is 298 g/mol. The van der Waals surface area contributed by atoms with Gasteiger partial charge in [-0.15, -0.1) is 0 Å². The summed E-state index contributed by atoms with van der Waals surface area (Å²) in [6.45, 7) is 6.41. The summed E-state index contributed by atoms with van der Waals surface area (Å²) in [5.41, 5.74) is 1.30. The summed E-state index contributed by atoms with van der Waals surface area (Å²) in [5.74, 6) is 0.